The minimum Gasteiger partial charge on any atom is -0.324 e. The van der Waals surface area contributed by atoms with Gasteiger partial charge in [0, 0.05) is 16.9 Å². The summed E-state index contributed by atoms with van der Waals surface area (Å²) in [6.07, 6.45) is 1.66. The second kappa shape index (κ2) is 8.93. The van der Waals surface area contributed by atoms with Crippen LogP contribution in [-0.4, -0.2) is 29.1 Å². The predicted octanol–water partition coefficient (Wildman–Crippen LogP) is 5.16. The number of nitrogens with one attached hydrogen (secondary N) is 1. The number of aryl methyl sites for hydroxylation is 2. The van der Waals surface area contributed by atoms with Crippen LogP contribution in [0.3, 0.4) is 0 Å². The van der Waals surface area contributed by atoms with E-state index in [9.17, 15) is 9.59 Å². The first-order chi connectivity index (χ1) is 15.3. The van der Waals surface area contributed by atoms with E-state index >= 15 is 0 Å². The molecule has 0 unspecified atom stereocenters. The maximum Gasteiger partial charge on any atom is 0.244 e. The molecule has 0 aliphatic carbocycles. The Balaban J connectivity index is 1.63. The summed E-state index contributed by atoms with van der Waals surface area (Å²) in [7, 11) is 0. The van der Waals surface area contributed by atoms with Crippen molar-refractivity contribution in [3.05, 3.63) is 82.0 Å². The van der Waals surface area contributed by atoms with E-state index in [0.717, 1.165) is 16.7 Å². The molecule has 2 amide bonds. The van der Waals surface area contributed by atoms with Gasteiger partial charge in [-0.05, 0) is 73.4 Å². The summed E-state index contributed by atoms with van der Waals surface area (Å²) in [5, 5.41) is 3.41. The van der Waals surface area contributed by atoms with Crippen LogP contribution >= 0.6 is 11.6 Å². The number of nitrogens with zero attached hydrogens (tertiary/aromatic N) is 3. The smallest absolute Gasteiger partial charge is 0.244 e. The van der Waals surface area contributed by atoms with Crippen LogP contribution in [0.25, 0.3) is 0 Å². The Morgan fingerprint density at radius 3 is 2.69 bits per heavy atom. The molecule has 0 fully saturated rings. The Labute approximate surface area is 192 Å². The molecule has 4 rings (SSSR count). The van der Waals surface area contributed by atoms with E-state index in [4.69, 9.17) is 16.6 Å². The minimum absolute atomic E-state index is 0.0718. The van der Waals surface area contributed by atoms with Gasteiger partial charge < -0.3 is 5.32 Å². The average Bonchev–Trinajstić information content (AvgIpc) is 2.90. The molecule has 3 aromatic rings. The van der Waals surface area contributed by atoms with Gasteiger partial charge in [-0.2, -0.15) is 0 Å². The van der Waals surface area contributed by atoms with Crippen molar-refractivity contribution in [1.82, 2.24) is 4.98 Å². The molecule has 6 nitrogen and oxygen atoms in total. The number of carbonyl (C=O) groups is 2. The van der Waals surface area contributed by atoms with E-state index in [2.05, 4.69) is 10.3 Å². The van der Waals surface area contributed by atoms with Crippen LogP contribution in [0.1, 0.15) is 28.7 Å². The molecule has 7 heteroatoms. The molecule has 1 aromatic heterocycles. The fraction of sp³-hybridized carbons (Fsp3) is 0.200. The Bertz CT molecular complexity index is 1250. The first kappa shape index (κ1) is 21.7. The number of rotatable bonds is 4. The number of fused-ring (bicyclic) bond motifs is 1. The highest BCUT2D eigenvalue weighted by molar-refractivity contribution is 6.31. The SMILES string of the molecule is Cc1ccc(C2=Nc3cccnc3N(CC(=O)Nc3cccc(Cl)c3C)C(=O)C2)cc1C. The lowest BCUT2D eigenvalue weighted by molar-refractivity contribution is -0.120. The first-order valence-electron chi connectivity index (χ1n) is 10.3. The van der Waals surface area contributed by atoms with Crippen molar-refractivity contribution < 1.29 is 9.59 Å². The maximum atomic E-state index is 13.2. The van der Waals surface area contributed by atoms with Crippen molar-refractivity contribution in [2.75, 3.05) is 16.8 Å². The predicted molar refractivity (Wildman–Crippen MR) is 128 cm³/mol. The normalized spacial score (nSPS) is 13.3. The number of aromatic nitrogens is 1. The maximum absolute atomic E-state index is 13.2. The van der Waals surface area contributed by atoms with Crippen molar-refractivity contribution in [2.24, 2.45) is 4.99 Å². The second-order valence-corrected chi connectivity index (χ2v) is 8.23. The van der Waals surface area contributed by atoms with Crippen molar-refractivity contribution in [2.45, 2.75) is 27.2 Å². The highest BCUT2D eigenvalue weighted by Crippen LogP contribution is 2.31. The number of amides is 2. The van der Waals surface area contributed by atoms with E-state index < -0.39 is 0 Å². The summed E-state index contributed by atoms with van der Waals surface area (Å²) in [4.78, 5) is 36.5. The number of benzene rings is 2. The number of hydrogen-bond acceptors (Lipinski definition) is 4. The first-order valence-corrected chi connectivity index (χ1v) is 10.7. The van der Waals surface area contributed by atoms with Gasteiger partial charge in [-0.3, -0.25) is 14.5 Å². The lowest BCUT2D eigenvalue weighted by atomic mass is 10.0. The Morgan fingerprint density at radius 1 is 1.09 bits per heavy atom. The molecule has 1 aliphatic heterocycles. The largest absolute Gasteiger partial charge is 0.324 e. The summed E-state index contributed by atoms with van der Waals surface area (Å²) >= 11 is 6.15. The van der Waals surface area contributed by atoms with E-state index in [1.165, 1.54) is 10.5 Å². The van der Waals surface area contributed by atoms with Gasteiger partial charge in [0.1, 0.15) is 12.2 Å². The fourth-order valence-corrected chi connectivity index (χ4v) is 3.73. The zero-order chi connectivity index (χ0) is 22.8. The van der Waals surface area contributed by atoms with Crippen molar-refractivity contribution >= 4 is 46.3 Å². The molecule has 0 spiro atoms. The summed E-state index contributed by atoms with van der Waals surface area (Å²) in [6.45, 7) is 5.72. The number of hydrogen-bond donors (Lipinski definition) is 1. The number of pyridine rings is 1. The van der Waals surface area contributed by atoms with Gasteiger partial charge in [-0.1, -0.05) is 29.8 Å². The highest BCUT2D eigenvalue weighted by Gasteiger charge is 2.28. The zero-order valence-corrected chi connectivity index (χ0v) is 18.9. The zero-order valence-electron chi connectivity index (χ0n) is 18.1. The summed E-state index contributed by atoms with van der Waals surface area (Å²) in [5.74, 6) is -0.207. The monoisotopic (exact) mass is 446 g/mol. The molecule has 0 atom stereocenters. The van der Waals surface area contributed by atoms with Crippen LogP contribution in [0.2, 0.25) is 5.02 Å². The Kier molecular flexibility index (Phi) is 6.06. The molecule has 0 saturated carbocycles. The molecule has 1 aliphatic rings. The summed E-state index contributed by atoms with van der Waals surface area (Å²) in [6, 6.07) is 14.9. The Morgan fingerprint density at radius 2 is 1.91 bits per heavy atom. The van der Waals surface area contributed by atoms with Crippen LogP contribution in [0.5, 0.6) is 0 Å². The van der Waals surface area contributed by atoms with Crippen LogP contribution in [-0.2, 0) is 9.59 Å². The lowest BCUT2D eigenvalue weighted by Gasteiger charge is -2.21. The number of aliphatic imine (C=N–C) groups is 1. The topological polar surface area (TPSA) is 74.7 Å². The molecular formula is C25H23ClN4O2. The van der Waals surface area contributed by atoms with Gasteiger partial charge in [0.2, 0.25) is 11.8 Å². The molecular weight excluding hydrogens is 424 g/mol. The highest BCUT2D eigenvalue weighted by atomic mass is 35.5. The quantitative estimate of drug-likeness (QED) is 0.601. The van der Waals surface area contributed by atoms with Crippen LogP contribution in [0.15, 0.2) is 59.7 Å². The van der Waals surface area contributed by atoms with E-state index in [-0.39, 0.29) is 24.8 Å². The van der Waals surface area contributed by atoms with Crippen molar-refractivity contribution in [3.63, 3.8) is 0 Å². The molecule has 0 radical (unpaired) electrons. The number of carbonyl (C=O) groups excluding carboxylic acids is 2. The molecule has 162 valence electrons. The molecule has 1 N–H and O–H groups in total. The summed E-state index contributed by atoms with van der Waals surface area (Å²) < 4.78 is 0. The summed E-state index contributed by atoms with van der Waals surface area (Å²) in [5.41, 5.74) is 5.77. The second-order valence-electron chi connectivity index (χ2n) is 7.82. The standard InChI is InChI=1S/C25H23ClN4O2/c1-15-9-10-18(12-16(15)2)22-13-24(32)30(25-21(28-22)8-5-11-27-25)14-23(31)29-20-7-4-6-19(26)17(20)3/h4-12H,13-14H2,1-3H3,(H,29,31). The van der Waals surface area contributed by atoms with Crippen molar-refractivity contribution in [3.8, 4) is 0 Å². The third-order valence-electron chi connectivity index (χ3n) is 5.58. The van der Waals surface area contributed by atoms with Gasteiger partial charge in [0.25, 0.3) is 0 Å². The van der Waals surface area contributed by atoms with Gasteiger partial charge in [0.05, 0.1) is 12.1 Å². The molecule has 32 heavy (non-hydrogen) atoms. The Hall–Kier alpha value is -3.51. The fourth-order valence-electron chi connectivity index (χ4n) is 3.55. The number of halogens is 1. The molecule has 2 heterocycles. The third-order valence-corrected chi connectivity index (χ3v) is 5.99. The molecule has 0 saturated heterocycles. The molecule has 0 bridgehead atoms. The average molecular weight is 447 g/mol. The third kappa shape index (κ3) is 4.41. The van der Waals surface area contributed by atoms with Gasteiger partial charge in [-0.15, -0.1) is 0 Å². The van der Waals surface area contributed by atoms with Crippen LogP contribution in [0, 0.1) is 20.8 Å². The van der Waals surface area contributed by atoms with E-state index in [0.29, 0.717) is 27.9 Å². The minimum atomic E-state index is -0.338. The van der Waals surface area contributed by atoms with Gasteiger partial charge in [-0.25, -0.2) is 9.98 Å². The van der Waals surface area contributed by atoms with E-state index in [1.807, 2.05) is 39.0 Å². The van der Waals surface area contributed by atoms with Gasteiger partial charge in [0.15, 0.2) is 5.82 Å². The van der Waals surface area contributed by atoms with Crippen LogP contribution in [0.4, 0.5) is 17.2 Å². The van der Waals surface area contributed by atoms with Crippen molar-refractivity contribution in [1.29, 1.82) is 0 Å². The molecule has 2 aromatic carbocycles. The number of anilines is 2. The van der Waals surface area contributed by atoms with Gasteiger partial charge >= 0.3 is 0 Å². The lowest BCUT2D eigenvalue weighted by Crippen LogP contribution is -2.39. The van der Waals surface area contributed by atoms with Crippen LogP contribution < -0.4 is 10.2 Å². The van der Waals surface area contributed by atoms with E-state index in [1.54, 1.807) is 36.5 Å².